The predicted octanol–water partition coefficient (Wildman–Crippen LogP) is 3.43. The van der Waals surface area contributed by atoms with Crippen LogP contribution in [0.1, 0.15) is 23.7 Å². The fourth-order valence-electron chi connectivity index (χ4n) is 2.22. The number of aliphatic hydroxyl groups is 1. The van der Waals surface area contributed by atoms with E-state index in [2.05, 4.69) is 0 Å². The van der Waals surface area contributed by atoms with Gasteiger partial charge in [0.25, 0.3) is 0 Å². The zero-order valence-electron chi connectivity index (χ0n) is 13.0. The second-order valence-electron chi connectivity index (χ2n) is 4.98. The van der Waals surface area contributed by atoms with Crippen LogP contribution in [-0.4, -0.2) is 17.0 Å². The summed E-state index contributed by atoms with van der Waals surface area (Å²) in [4.78, 5) is 12.2. The molecule has 1 N–H and O–H groups in total. The molecule has 2 aliphatic carbocycles. The van der Waals surface area contributed by atoms with Gasteiger partial charge in [-0.05, 0) is 57.8 Å². The summed E-state index contributed by atoms with van der Waals surface area (Å²) in [6, 6.07) is 9.14. The number of carbonyl (C=O) groups is 1. The third-order valence-corrected chi connectivity index (χ3v) is 3.43. The Morgan fingerprint density at radius 2 is 1.52 bits per heavy atom. The minimum atomic E-state index is -0.562. The Morgan fingerprint density at radius 3 is 2.04 bits per heavy atom. The van der Waals surface area contributed by atoms with Gasteiger partial charge in [-0.3, -0.25) is 4.79 Å². The van der Waals surface area contributed by atoms with Gasteiger partial charge in [-0.15, -0.1) is 0 Å². The molecule has 1 aromatic rings. The van der Waals surface area contributed by atoms with Gasteiger partial charge in [0.2, 0.25) is 0 Å². The molecule has 118 valence electrons. The number of aliphatic hydroxyl groups excluding tert-OH is 1. The maximum Gasteiger partial charge on any atom is 2.00 e. The van der Waals surface area contributed by atoms with Crippen molar-refractivity contribution >= 4 is 5.78 Å². The standard InChI is InChI=1S/C15H15O2.C5H5.Fe/c1-2-14(16)12-9-6-10-13(12)15(17)11-7-4-3-5-8-11;1-2-4-5-3-1;/h3-10,14,16H,2H2,1H3;1-5H;/q;;+2. The van der Waals surface area contributed by atoms with E-state index in [4.69, 9.17) is 0 Å². The summed E-state index contributed by atoms with van der Waals surface area (Å²) in [6.45, 7) is 1.90. The maximum atomic E-state index is 12.2. The summed E-state index contributed by atoms with van der Waals surface area (Å²) >= 11 is 0. The Hall–Kier alpha value is -0.631. The number of ketones is 1. The molecule has 0 aromatic heterocycles. The topological polar surface area (TPSA) is 37.3 Å². The Labute approximate surface area is 151 Å². The molecule has 1 unspecified atom stereocenters. The van der Waals surface area contributed by atoms with Gasteiger partial charge in [0, 0.05) is 11.5 Å². The molecule has 1 atom stereocenters. The first-order valence-corrected chi connectivity index (χ1v) is 7.44. The zero-order valence-corrected chi connectivity index (χ0v) is 14.1. The molecule has 0 amide bonds. The van der Waals surface area contributed by atoms with Crippen molar-refractivity contribution in [1.29, 1.82) is 0 Å². The van der Waals surface area contributed by atoms with Crippen molar-refractivity contribution in [2.45, 2.75) is 19.4 Å². The molecule has 2 saturated carbocycles. The van der Waals surface area contributed by atoms with Crippen molar-refractivity contribution < 1.29 is 27.0 Å². The maximum absolute atomic E-state index is 12.2. The zero-order chi connectivity index (χ0) is 15.8. The Kier molecular flexibility index (Phi) is 9.78. The number of carbonyl (C=O) groups excluding carboxylic acids is 1. The summed E-state index contributed by atoms with van der Waals surface area (Å²) in [5.74, 6) is 1.30. The molecule has 0 saturated heterocycles. The van der Waals surface area contributed by atoms with Crippen LogP contribution >= 0.6 is 0 Å². The number of hydrogen-bond acceptors (Lipinski definition) is 2. The number of rotatable bonds is 4. The number of Topliss-reactive ketones (excluding diaryl/α,β-unsaturated/α-hetero) is 1. The van der Waals surface area contributed by atoms with Gasteiger partial charge in [0.15, 0.2) is 5.78 Å². The molecule has 0 bridgehead atoms. The minimum Gasteiger partial charge on any atom is -0.392 e. The van der Waals surface area contributed by atoms with Crippen LogP contribution in [0.25, 0.3) is 0 Å². The van der Waals surface area contributed by atoms with Crippen LogP contribution in [0.3, 0.4) is 0 Å². The van der Waals surface area contributed by atoms with E-state index >= 15 is 0 Å². The van der Waals surface area contributed by atoms with E-state index in [1.165, 1.54) is 0 Å². The third-order valence-electron chi connectivity index (χ3n) is 3.43. The van der Waals surface area contributed by atoms with E-state index in [1.54, 1.807) is 18.6 Å². The van der Waals surface area contributed by atoms with Crippen molar-refractivity contribution in [1.82, 2.24) is 0 Å². The van der Waals surface area contributed by atoms with Crippen LogP contribution < -0.4 is 0 Å². The predicted molar refractivity (Wildman–Crippen MR) is 88.0 cm³/mol. The molecule has 0 spiro atoms. The molecule has 0 aliphatic heterocycles. The molecule has 23 heavy (non-hydrogen) atoms. The summed E-state index contributed by atoms with van der Waals surface area (Å²) in [5, 5.41) is 9.84. The third kappa shape index (κ3) is 6.06. The van der Waals surface area contributed by atoms with Crippen LogP contribution in [-0.2, 0) is 17.1 Å². The van der Waals surface area contributed by atoms with Crippen molar-refractivity contribution in [2.24, 2.45) is 0 Å². The molecule has 2 aliphatic rings. The molecule has 2 fully saturated rings. The average molecular weight is 348 g/mol. The second kappa shape index (κ2) is 11.0. The van der Waals surface area contributed by atoms with Gasteiger partial charge in [-0.1, -0.05) is 37.3 Å². The summed E-state index contributed by atoms with van der Waals surface area (Å²) in [6.07, 6.45) is 15.4. The van der Waals surface area contributed by atoms with Gasteiger partial charge in [-0.25, -0.2) is 0 Å². The van der Waals surface area contributed by atoms with Crippen LogP contribution in [0.2, 0.25) is 0 Å². The largest absolute Gasteiger partial charge is 2.00 e. The first kappa shape index (κ1) is 20.4. The van der Waals surface area contributed by atoms with Gasteiger partial charge < -0.3 is 5.11 Å². The normalized spacial score (nSPS) is 19.6. The SMILES string of the molecule is CCC(O)[C]1[CH][CH][CH][C]1C(=O)c1ccccc1.[CH]1[CH][CH][CH][CH]1.[Fe+2]. The molecular formula is C20H20FeO2+2. The van der Waals surface area contributed by atoms with Crippen LogP contribution in [0.15, 0.2) is 30.3 Å². The molecule has 3 rings (SSSR count). The van der Waals surface area contributed by atoms with E-state index < -0.39 is 6.10 Å². The summed E-state index contributed by atoms with van der Waals surface area (Å²) < 4.78 is 0. The van der Waals surface area contributed by atoms with Crippen LogP contribution in [0, 0.1) is 63.2 Å². The Bertz CT molecular complexity index is 435. The van der Waals surface area contributed by atoms with Gasteiger partial charge in [0.05, 0.1) is 12.0 Å². The summed E-state index contributed by atoms with van der Waals surface area (Å²) in [7, 11) is 0. The number of hydrogen-bond donors (Lipinski definition) is 1. The van der Waals surface area contributed by atoms with Crippen molar-refractivity contribution in [3.8, 4) is 0 Å². The first-order valence-electron chi connectivity index (χ1n) is 7.44. The Morgan fingerprint density at radius 1 is 0.957 bits per heavy atom. The summed E-state index contributed by atoms with van der Waals surface area (Å²) in [5.41, 5.74) is 0.656. The fourth-order valence-corrected chi connectivity index (χ4v) is 2.22. The second-order valence-corrected chi connectivity index (χ2v) is 4.98. The van der Waals surface area contributed by atoms with E-state index in [0.29, 0.717) is 17.9 Å². The molecular weight excluding hydrogens is 328 g/mol. The van der Waals surface area contributed by atoms with Crippen molar-refractivity contribution in [3.05, 3.63) is 99.1 Å². The van der Waals surface area contributed by atoms with E-state index in [-0.39, 0.29) is 22.9 Å². The average Bonchev–Trinajstić information content (AvgIpc) is 3.28. The fraction of sp³-hybridized carbons (Fsp3) is 0.150. The van der Waals surface area contributed by atoms with E-state index in [0.717, 1.165) is 5.92 Å². The molecule has 1 aromatic carbocycles. The smallest absolute Gasteiger partial charge is 0.392 e. The van der Waals surface area contributed by atoms with Crippen LogP contribution in [0.5, 0.6) is 0 Å². The molecule has 2 nitrogen and oxygen atoms in total. The molecule has 3 heteroatoms. The monoisotopic (exact) mass is 348 g/mol. The quantitative estimate of drug-likeness (QED) is 0.669. The van der Waals surface area contributed by atoms with Gasteiger partial charge in [0.1, 0.15) is 0 Å². The first-order chi connectivity index (χ1) is 10.7. The minimum absolute atomic E-state index is 0. The van der Waals surface area contributed by atoms with Gasteiger partial charge >= 0.3 is 17.1 Å². The van der Waals surface area contributed by atoms with Crippen LogP contribution in [0.4, 0.5) is 0 Å². The molecule has 10 radical (unpaired) electrons. The molecule has 0 heterocycles. The van der Waals surface area contributed by atoms with Gasteiger partial charge in [-0.2, -0.15) is 0 Å². The van der Waals surface area contributed by atoms with Crippen molar-refractivity contribution in [3.63, 3.8) is 0 Å². The Balaban J connectivity index is 0.000000377. The van der Waals surface area contributed by atoms with Crippen molar-refractivity contribution in [2.75, 3.05) is 0 Å². The van der Waals surface area contributed by atoms with E-state index in [1.807, 2.05) is 70.1 Å². The number of benzene rings is 1. The van der Waals surface area contributed by atoms with E-state index in [9.17, 15) is 9.90 Å².